The molecule has 0 nitrogen and oxygen atoms in total. The molecule has 0 aromatic heterocycles. The van der Waals surface area contributed by atoms with Crippen molar-refractivity contribution >= 4 is 6.08 Å². The lowest BCUT2D eigenvalue weighted by Crippen LogP contribution is -1.90. The van der Waals surface area contributed by atoms with Gasteiger partial charge in [-0.3, -0.25) is 0 Å². The van der Waals surface area contributed by atoms with Crippen molar-refractivity contribution in [3.8, 4) is 11.1 Å². The van der Waals surface area contributed by atoms with E-state index in [-0.39, 0.29) is 0 Å². The zero-order valence-electron chi connectivity index (χ0n) is 15.5. The summed E-state index contributed by atoms with van der Waals surface area (Å²) in [6.07, 6.45) is 2.89. The summed E-state index contributed by atoms with van der Waals surface area (Å²) in [5.74, 6) is 0. The molecule has 0 unspecified atom stereocenters. The van der Waals surface area contributed by atoms with Crippen molar-refractivity contribution in [1.82, 2.24) is 0 Å². The third-order valence-electron chi connectivity index (χ3n) is 4.39. The molecule has 0 aliphatic carbocycles. The number of benzene rings is 4. The fourth-order valence-corrected chi connectivity index (χ4v) is 2.97. The van der Waals surface area contributed by atoms with Crippen LogP contribution in [0, 0.1) is 0 Å². The van der Waals surface area contributed by atoms with Gasteiger partial charge in [-0.15, -0.1) is 0 Å². The van der Waals surface area contributed by atoms with Crippen molar-refractivity contribution in [3.63, 3.8) is 0 Å². The average molecular weight is 348 g/mol. The van der Waals surface area contributed by atoms with E-state index in [1.807, 2.05) is 30.3 Å². The van der Waals surface area contributed by atoms with E-state index < -0.39 is 0 Å². The Morgan fingerprint density at radius 3 is 1.48 bits per heavy atom. The molecule has 0 heterocycles. The highest BCUT2D eigenvalue weighted by Crippen LogP contribution is 2.17. The Bertz CT molecular complexity index is 901. The molecule has 0 atom stereocenters. The van der Waals surface area contributed by atoms with E-state index in [2.05, 4.69) is 97.6 Å². The SMILES string of the molecule is C=Cc1ccccc1Cc1ccccc1.c1ccc(-c2ccccc2)cc1. The maximum Gasteiger partial charge on any atom is -0.00198 e. The van der Waals surface area contributed by atoms with Crippen LogP contribution in [0.1, 0.15) is 16.7 Å². The molecule has 0 N–H and O–H groups in total. The normalized spacial score (nSPS) is 9.78. The van der Waals surface area contributed by atoms with Crippen LogP contribution in [0.25, 0.3) is 17.2 Å². The van der Waals surface area contributed by atoms with Crippen molar-refractivity contribution < 1.29 is 0 Å². The van der Waals surface area contributed by atoms with Crippen molar-refractivity contribution in [2.75, 3.05) is 0 Å². The predicted octanol–water partition coefficient (Wildman–Crippen LogP) is 7.27. The van der Waals surface area contributed by atoms with Gasteiger partial charge < -0.3 is 0 Å². The molecule has 0 heteroatoms. The maximum absolute atomic E-state index is 3.83. The summed E-state index contributed by atoms with van der Waals surface area (Å²) in [6, 6.07) is 39.7. The molecule has 4 aromatic rings. The van der Waals surface area contributed by atoms with Gasteiger partial charge in [0.1, 0.15) is 0 Å². The lowest BCUT2D eigenvalue weighted by Gasteiger charge is -2.05. The number of hydrogen-bond acceptors (Lipinski definition) is 0. The summed E-state index contributed by atoms with van der Waals surface area (Å²) < 4.78 is 0. The zero-order chi connectivity index (χ0) is 18.7. The van der Waals surface area contributed by atoms with Gasteiger partial charge in [-0.1, -0.05) is 128 Å². The lowest BCUT2D eigenvalue weighted by atomic mass is 10.00. The highest BCUT2D eigenvalue weighted by molar-refractivity contribution is 5.62. The van der Waals surface area contributed by atoms with E-state index in [1.165, 1.54) is 27.8 Å². The molecule has 132 valence electrons. The van der Waals surface area contributed by atoms with E-state index >= 15 is 0 Å². The van der Waals surface area contributed by atoms with Crippen molar-refractivity contribution in [3.05, 3.63) is 139 Å². The molecule has 27 heavy (non-hydrogen) atoms. The minimum Gasteiger partial charge on any atom is -0.0985 e. The maximum atomic E-state index is 3.83. The van der Waals surface area contributed by atoms with Crippen LogP contribution < -0.4 is 0 Å². The summed E-state index contributed by atoms with van der Waals surface area (Å²) in [7, 11) is 0. The quantitative estimate of drug-likeness (QED) is 0.364. The Balaban J connectivity index is 0.000000159. The number of rotatable bonds is 4. The van der Waals surface area contributed by atoms with Crippen molar-refractivity contribution in [2.24, 2.45) is 0 Å². The summed E-state index contributed by atoms with van der Waals surface area (Å²) >= 11 is 0. The van der Waals surface area contributed by atoms with Crippen molar-refractivity contribution in [1.29, 1.82) is 0 Å². The van der Waals surface area contributed by atoms with Crippen molar-refractivity contribution in [2.45, 2.75) is 6.42 Å². The Hall–Kier alpha value is -3.38. The van der Waals surface area contributed by atoms with Gasteiger partial charge in [-0.25, -0.2) is 0 Å². The number of hydrogen-bond donors (Lipinski definition) is 0. The van der Waals surface area contributed by atoms with Gasteiger partial charge >= 0.3 is 0 Å². The molecule has 0 bridgehead atoms. The minimum absolute atomic E-state index is 0.975. The zero-order valence-corrected chi connectivity index (χ0v) is 15.5. The first-order valence-corrected chi connectivity index (χ1v) is 9.21. The molecular formula is C27H24. The standard InChI is InChI=1S/C15H14.C12H10/c1-2-14-10-6-7-11-15(14)12-13-8-4-3-5-9-13;1-3-7-11(8-4-1)12-9-5-2-6-10-12/h2-11H,1,12H2;1-10H. The van der Waals surface area contributed by atoms with Gasteiger partial charge in [0.15, 0.2) is 0 Å². The second kappa shape index (κ2) is 9.94. The van der Waals surface area contributed by atoms with Crippen LogP contribution in [0.5, 0.6) is 0 Å². The van der Waals surface area contributed by atoms with Crippen LogP contribution in [-0.4, -0.2) is 0 Å². The Morgan fingerprint density at radius 2 is 0.963 bits per heavy atom. The molecule has 0 spiro atoms. The van der Waals surface area contributed by atoms with Gasteiger partial charge in [0.2, 0.25) is 0 Å². The summed E-state index contributed by atoms with van der Waals surface area (Å²) in [4.78, 5) is 0. The van der Waals surface area contributed by atoms with E-state index in [9.17, 15) is 0 Å². The van der Waals surface area contributed by atoms with E-state index in [4.69, 9.17) is 0 Å². The first-order chi connectivity index (χ1) is 13.4. The molecule has 4 aromatic carbocycles. The average Bonchev–Trinajstić information content (AvgIpc) is 2.77. The van der Waals surface area contributed by atoms with E-state index in [0.29, 0.717) is 0 Å². The third-order valence-corrected chi connectivity index (χ3v) is 4.39. The topological polar surface area (TPSA) is 0 Å². The molecule has 0 radical (unpaired) electrons. The van der Waals surface area contributed by atoms with Crippen LogP contribution >= 0.6 is 0 Å². The molecule has 0 aliphatic rings. The van der Waals surface area contributed by atoms with Gasteiger partial charge in [0, 0.05) is 0 Å². The monoisotopic (exact) mass is 348 g/mol. The smallest absolute Gasteiger partial charge is 0.00198 e. The van der Waals surface area contributed by atoms with Gasteiger partial charge in [0.05, 0.1) is 0 Å². The second-order valence-electron chi connectivity index (χ2n) is 6.30. The van der Waals surface area contributed by atoms with Crippen LogP contribution in [0.15, 0.2) is 122 Å². The Labute approximate surface area is 162 Å². The summed E-state index contributed by atoms with van der Waals surface area (Å²) in [6.45, 7) is 3.83. The molecule has 0 aliphatic heterocycles. The molecule has 0 fully saturated rings. The first kappa shape index (κ1) is 18.4. The fourth-order valence-electron chi connectivity index (χ4n) is 2.97. The van der Waals surface area contributed by atoms with E-state index in [0.717, 1.165) is 6.42 Å². The van der Waals surface area contributed by atoms with Crippen LogP contribution in [0.2, 0.25) is 0 Å². The molecule has 0 saturated carbocycles. The Kier molecular flexibility index (Phi) is 6.78. The minimum atomic E-state index is 0.975. The largest absolute Gasteiger partial charge is 0.0985 e. The van der Waals surface area contributed by atoms with Gasteiger partial charge in [-0.05, 0) is 34.2 Å². The molecule has 0 saturated heterocycles. The van der Waals surface area contributed by atoms with Gasteiger partial charge in [-0.2, -0.15) is 0 Å². The molecule has 0 amide bonds. The van der Waals surface area contributed by atoms with Crippen LogP contribution in [-0.2, 0) is 6.42 Å². The molecular weight excluding hydrogens is 324 g/mol. The first-order valence-electron chi connectivity index (χ1n) is 9.21. The predicted molar refractivity (Wildman–Crippen MR) is 118 cm³/mol. The highest BCUT2D eigenvalue weighted by Gasteiger charge is 1.99. The Morgan fingerprint density at radius 1 is 0.519 bits per heavy atom. The van der Waals surface area contributed by atoms with Crippen LogP contribution in [0.3, 0.4) is 0 Å². The van der Waals surface area contributed by atoms with Gasteiger partial charge in [0.25, 0.3) is 0 Å². The lowest BCUT2D eigenvalue weighted by molar-refractivity contribution is 1.19. The fraction of sp³-hybridized carbons (Fsp3) is 0.0370. The highest BCUT2D eigenvalue weighted by atomic mass is 14.0. The third kappa shape index (κ3) is 5.55. The van der Waals surface area contributed by atoms with Crippen LogP contribution in [0.4, 0.5) is 0 Å². The summed E-state index contributed by atoms with van der Waals surface area (Å²) in [5.41, 5.74) is 6.45. The summed E-state index contributed by atoms with van der Waals surface area (Å²) in [5, 5.41) is 0. The second-order valence-corrected chi connectivity index (χ2v) is 6.30. The molecule has 4 rings (SSSR count). The van der Waals surface area contributed by atoms with E-state index in [1.54, 1.807) is 0 Å².